The summed E-state index contributed by atoms with van der Waals surface area (Å²) in [5, 5.41) is 2.78. The highest BCUT2D eigenvalue weighted by Crippen LogP contribution is 2.19. The van der Waals surface area contributed by atoms with Gasteiger partial charge in [0.15, 0.2) is 0 Å². The lowest BCUT2D eigenvalue weighted by molar-refractivity contribution is 0.0943. The molecule has 2 rings (SSSR count). The topological polar surface area (TPSA) is 75.3 Å². The van der Waals surface area contributed by atoms with Gasteiger partial charge >= 0.3 is 0 Å². The van der Waals surface area contributed by atoms with Crippen molar-refractivity contribution in [2.45, 2.75) is 24.8 Å². The van der Waals surface area contributed by atoms with E-state index in [4.69, 9.17) is 0 Å². The zero-order chi connectivity index (χ0) is 17.0. The average Bonchev–Trinajstić information content (AvgIpc) is 2.47. The Hall–Kier alpha value is -1.86. The predicted octanol–water partition coefficient (Wildman–Crippen LogP) is 3.39. The average molecular weight is 397 g/mol. The maximum Gasteiger partial charge on any atom is 0.261 e. The quantitative estimate of drug-likeness (QED) is 0.812. The monoisotopic (exact) mass is 396 g/mol. The number of benzene rings is 2. The summed E-state index contributed by atoms with van der Waals surface area (Å²) in [4.78, 5) is 12.0. The Labute approximate surface area is 144 Å². The fourth-order valence-electron chi connectivity index (χ4n) is 1.86. The number of anilines is 1. The SMILES string of the molecule is CC(C)NC(=O)c1ccc(NS(=O)(=O)c2ccc(Br)cc2)cc1. The van der Waals surface area contributed by atoms with E-state index in [2.05, 4.69) is 26.0 Å². The van der Waals surface area contributed by atoms with Crippen LogP contribution in [0.1, 0.15) is 24.2 Å². The van der Waals surface area contributed by atoms with Gasteiger partial charge in [-0.05, 0) is 62.4 Å². The minimum Gasteiger partial charge on any atom is -0.350 e. The van der Waals surface area contributed by atoms with E-state index in [9.17, 15) is 13.2 Å². The molecule has 7 heteroatoms. The third kappa shape index (κ3) is 4.80. The van der Waals surface area contributed by atoms with Crippen molar-refractivity contribution in [3.05, 3.63) is 58.6 Å². The van der Waals surface area contributed by atoms with Gasteiger partial charge in [0.2, 0.25) is 0 Å². The Kier molecular flexibility index (Phi) is 5.43. The van der Waals surface area contributed by atoms with E-state index in [1.165, 1.54) is 12.1 Å². The predicted molar refractivity (Wildman–Crippen MR) is 94.0 cm³/mol. The van der Waals surface area contributed by atoms with Crippen molar-refractivity contribution < 1.29 is 13.2 Å². The number of carbonyl (C=O) groups is 1. The van der Waals surface area contributed by atoms with Gasteiger partial charge in [0.05, 0.1) is 4.90 Å². The molecule has 5 nitrogen and oxygen atoms in total. The van der Waals surface area contributed by atoms with Crippen LogP contribution in [0.15, 0.2) is 57.9 Å². The molecule has 0 atom stereocenters. The number of rotatable bonds is 5. The fraction of sp³-hybridized carbons (Fsp3) is 0.188. The molecule has 122 valence electrons. The minimum absolute atomic E-state index is 0.0399. The number of nitrogens with one attached hydrogen (secondary N) is 2. The van der Waals surface area contributed by atoms with Gasteiger partial charge in [0.25, 0.3) is 15.9 Å². The molecule has 0 fully saturated rings. The van der Waals surface area contributed by atoms with Gasteiger partial charge in [-0.1, -0.05) is 15.9 Å². The highest BCUT2D eigenvalue weighted by atomic mass is 79.9. The Morgan fingerprint density at radius 3 is 2.09 bits per heavy atom. The number of sulfonamides is 1. The van der Waals surface area contributed by atoms with Gasteiger partial charge in [0.1, 0.15) is 0 Å². The molecule has 0 spiro atoms. The molecule has 0 bridgehead atoms. The summed E-state index contributed by atoms with van der Waals surface area (Å²) in [6.07, 6.45) is 0. The minimum atomic E-state index is -3.65. The van der Waals surface area contributed by atoms with Crippen LogP contribution in [-0.4, -0.2) is 20.4 Å². The van der Waals surface area contributed by atoms with E-state index in [1.807, 2.05) is 13.8 Å². The van der Waals surface area contributed by atoms with E-state index >= 15 is 0 Å². The molecule has 2 aromatic rings. The largest absolute Gasteiger partial charge is 0.350 e. The van der Waals surface area contributed by atoms with Crippen molar-refractivity contribution in [2.75, 3.05) is 4.72 Å². The van der Waals surface area contributed by atoms with Crippen LogP contribution in [0.4, 0.5) is 5.69 Å². The molecule has 23 heavy (non-hydrogen) atoms. The zero-order valence-corrected chi connectivity index (χ0v) is 15.1. The molecule has 0 heterocycles. The molecule has 2 aromatic carbocycles. The second-order valence-electron chi connectivity index (χ2n) is 5.26. The first-order valence-electron chi connectivity index (χ1n) is 6.97. The van der Waals surface area contributed by atoms with Gasteiger partial charge in [-0.3, -0.25) is 9.52 Å². The maximum atomic E-state index is 12.3. The standard InChI is InChI=1S/C16H17BrN2O3S/c1-11(2)18-16(20)12-3-7-14(8-4-12)19-23(21,22)15-9-5-13(17)6-10-15/h3-11,19H,1-2H3,(H,18,20). The molecule has 0 aliphatic heterocycles. The van der Waals surface area contributed by atoms with E-state index in [0.717, 1.165) is 4.47 Å². The first kappa shape index (κ1) is 17.5. The van der Waals surface area contributed by atoms with Crippen LogP contribution >= 0.6 is 15.9 Å². The molecule has 0 unspecified atom stereocenters. The van der Waals surface area contributed by atoms with Crippen LogP contribution in [0.5, 0.6) is 0 Å². The third-order valence-corrected chi connectivity index (χ3v) is 4.87. The molecule has 1 amide bonds. The Morgan fingerprint density at radius 2 is 1.57 bits per heavy atom. The molecule has 0 saturated heterocycles. The summed E-state index contributed by atoms with van der Waals surface area (Å²) in [7, 11) is -3.65. The molecule has 0 saturated carbocycles. The summed E-state index contributed by atoms with van der Waals surface area (Å²) in [6, 6.07) is 12.7. The van der Waals surface area contributed by atoms with Crippen molar-refractivity contribution in [3.63, 3.8) is 0 Å². The Bertz CT molecular complexity index is 785. The lowest BCUT2D eigenvalue weighted by Crippen LogP contribution is -2.30. The highest BCUT2D eigenvalue weighted by molar-refractivity contribution is 9.10. The molecule has 0 radical (unpaired) electrons. The van der Waals surface area contributed by atoms with Gasteiger partial charge in [-0.15, -0.1) is 0 Å². The van der Waals surface area contributed by atoms with E-state index in [1.54, 1.807) is 36.4 Å². The summed E-state index contributed by atoms with van der Waals surface area (Å²) >= 11 is 3.26. The van der Waals surface area contributed by atoms with Gasteiger partial charge in [-0.2, -0.15) is 0 Å². The van der Waals surface area contributed by atoms with Gasteiger partial charge in [0, 0.05) is 21.8 Å². The summed E-state index contributed by atoms with van der Waals surface area (Å²) in [5.41, 5.74) is 0.874. The number of carbonyl (C=O) groups excluding carboxylic acids is 1. The molecular weight excluding hydrogens is 380 g/mol. The lowest BCUT2D eigenvalue weighted by atomic mass is 10.2. The Morgan fingerprint density at radius 1 is 1.00 bits per heavy atom. The molecular formula is C16H17BrN2O3S. The van der Waals surface area contributed by atoms with Crippen LogP contribution in [0.3, 0.4) is 0 Å². The first-order chi connectivity index (χ1) is 10.8. The van der Waals surface area contributed by atoms with Crippen LogP contribution in [-0.2, 0) is 10.0 Å². The van der Waals surface area contributed by atoms with Crippen molar-refractivity contribution in [2.24, 2.45) is 0 Å². The second-order valence-corrected chi connectivity index (χ2v) is 7.86. The lowest BCUT2D eigenvalue weighted by Gasteiger charge is -2.10. The Balaban J connectivity index is 2.14. The molecule has 2 N–H and O–H groups in total. The van der Waals surface area contributed by atoms with E-state index < -0.39 is 10.0 Å². The summed E-state index contributed by atoms with van der Waals surface area (Å²) < 4.78 is 27.8. The molecule has 0 aliphatic rings. The first-order valence-corrected chi connectivity index (χ1v) is 9.25. The number of hydrogen-bond acceptors (Lipinski definition) is 3. The summed E-state index contributed by atoms with van der Waals surface area (Å²) in [5.74, 6) is -0.192. The van der Waals surface area contributed by atoms with Crippen molar-refractivity contribution in [3.8, 4) is 0 Å². The van der Waals surface area contributed by atoms with Crippen molar-refractivity contribution >= 4 is 37.5 Å². The van der Waals surface area contributed by atoms with Crippen LogP contribution in [0, 0.1) is 0 Å². The number of amides is 1. The zero-order valence-electron chi connectivity index (χ0n) is 12.7. The third-order valence-electron chi connectivity index (χ3n) is 2.94. The maximum absolute atomic E-state index is 12.3. The molecule has 0 aromatic heterocycles. The number of hydrogen-bond donors (Lipinski definition) is 2. The fourth-order valence-corrected chi connectivity index (χ4v) is 3.19. The normalized spacial score (nSPS) is 11.3. The van der Waals surface area contributed by atoms with Gasteiger partial charge in [-0.25, -0.2) is 8.42 Å². The van der Waals surface area contributed by atoms with Crippen molar-refractivity contribution in [1.29, 1.82) is 0 Å². The van der Waals surface area contributed by atoms with Crippen LogP contribution < -0.4 is 10.0 Å². The molecule has 0 aliphatic carbocycles. The second kappa shape index (κ2) is 7.14. The summed E-state index contributed by atoms with van der Waals surface area (Å²) in [6.45, 7) is 3.75. The van der Waals surface area contributed by atoms with Crippen LogP contribution in [0.25, 0.3) is 0 Å². The number of halogens is 1. The van der Waals surface area contributed by atoms with E-state index in [0.29, 0.717) is 11.3 Å². The van der Waals surface area contributed by atoms with Gasteiger partial charge < -0.3 is 5.32 Å². The van der Waals surface area contributed by atoms with E-state index in [-0.39, 0.29) is 16.8 Å². The van der Waals surface area contributed by atoms with Crippen molar-refractivity contribution in [1.82, 2.24) is 5.32 Å². The highest BCUT2D eigenvalue weighted by Gasteiger charge is 2.14. The van der Waals surface area contributed by atoms with Crippen LogP contribution in [0.2, 0.25) is 0 Å². The smallest absolute Gasteiger partial charge is 0.261 e.